The summed E-state index contributed by atoms with van der Waals surface area (Å²) in [5.74, 6) is 0.295. The van der Waals surface area contributed by atoms with Gasteiger partial charge in [0.15, 0.2) is 4.77 Å². The second kappa shape index (κ2) is 5.99. The molecule has 0 bridgehead atoms. The fourth-order valence-electron chi connectivity index (χ4n) is 4.35. The van der Waals surface area contributed by atoms with Crippen molar-refractivity contribution in [3.05, 3.63) is 50.2 Å². The molecule has 0 spiro atoms. The van der Waals surface area contributed by atoms with Crippen molar-refractivity contribution in [2.75, 3.05) is 6.54 Å². The molecule has 25 heavy (non-hydrogen) atoms. The van der Waals surface area contributed by atoms with Crippen LogP contribution in [-0.2, 0) is 18.4 Å². The summed E-state index contributed by atoms with van der Waals surface area (Å²) in [5.41, 5.74) is 3.30. The molecular weight excluding hydrogens is 408 g/mol. The normalized spacial score (nSPS) is 26.1. The first-order valence-electron chi connectivity index (χ1n) is 8.59. The Morgan fingerprint density at radius 3 is 2.96 bits per heavy atom. The van der Waals surface area contributed by atoms with Gasteiger partial charge in [0.25, 0.3) is 0 Å². The van der Waals surface area contributed by atoms with Crippen LogP contribution in [0.3, 0.4) is 0 Å². The van der Waals surface area contributed by atoms with Crippen molar-refractivity contribution in [2.24, 2.45) is 0 Å². The molecule has 0 amide bonds. The quantitative estimate of drug-likeness (QED) is 0.695. The van der Waals surface area contributed by atoms with Crippen molar-refractivity contribution in [1.82, 2.24) is 14.9 Å². The van der Waals surface area contributed by atoms with Gasteiger partial charge in [-0.3, -0.25) is 4.70 Å². The predicted octanol–water partition coefficient (Wildman–Crippen LogP) is 4.33. The highest BCUT2D eigenvalue weighted by molar-refractivity contribution is 9.10. The average molecular weight is 428 g/mol. The van der Waals surface area contributed by atoms with Gasteiger partial charge < -0.3 is 14.9 Å². The van der Waals surface area contributed by atoms with Crippen LogP contribution in [0.25, 0.3) is 0 Å². The van der Waals surface area contributed by atoms with E-state index in [9.17, 15) is 4.39 Å². The SMILES string of the molecule is F.Fc1ccc(Br)cc1[C@]12C[C@H]1c1c(CCNC3CC3)[nH]c(=S)n1C2. The molecule has 3 aliphatic rings. The summed E-state index contributed by atoms with van der Waals surface area (Å²) in [6, 6.07) is 6.00. The summed E-state index contributed by atoms with van der Waals surface area (Å²) >= 11 is 9.02. The molecule has 2 saturated carbocycles. The molecular formula is C18H20BrF2N3S. The van der Waals surface area contributed by atoms with Gasteiger partial charge in [0, 0.05) is 52.7 Å². The van der Waals surface area contributed by atoms with E-state index in [4.69, 9.17) is 12.2 Å². The van der Waals surface area contributed by atoms with E-state index in [2.05, 4.69) is 30.8 Å². The minimum absolute atomic E-state index is 0. The Bertz CT molecular complexity index is 889. The molecule has 0 radical (unpaired) electrons. The Labute approximate surface area is 158 Å². The number of H-pyrrole nitrogens is 1. The van der Waals surface area contributed by atoms with E-state index in [1.54, 1.807) is 12.1 Å². The second-order valence-corrected chi connectivity index (χ2v) is 8.70. The molecule has 2 aromatic rings. The van der Waals surface area contributed by atoms with Gasteiger partial charge in [-0.2, -0.15) is 0 Å². The summed E-state index contributed by atoms with van der Waals surface area (Å²) in [6.45, 7) is 1.78. The van der Waals surface area contributed by atoms with Crippen molar-refractivity contribution >= 4 is 28.1 Å². The number of fused-ring (bicyclic) bond motifs is 3. The molecule has 1 aromatic heterocycles. The molecule has 0 saturated heterocycles. The van der Waals surface area contributed by atoms with E-state index in [-0.39, 0.29) is 15.9 Å². The van der Waals surface area contributed by atoms with Gasteiger partial charge in [-0.15, -0.1) is 0 Å². The Morgan fingerprint density at radius 2 is 2.20 bits per heavy atom. The summed E-state index contributed by atoms with van der Waals surface area (Å²) in [6.07, 6.45) is 4.60. The van der Waals surface area contributed by atoms with E-state index in [0.717, 1.165) is 46.8 Å². The van der Waals surface area contributed by atoms with Crippen LogP contribution in [0.2, 0.25) is 0 Å². The van der Waals surface area contributed by atoms with Crippen molar-refractivity contribution in [3.8, 4) is 0 Å². The largest absolute Gasteiger partial charge is 0.334 e. The first kappa shape index (κ1) is 17.4. The van der Waals surface area contributed by atoms with Crippen molar-refractivity contribution in [2.45, 2.75) is 49.6 Å². The predicted molar refractivity (Wildman–Crippen MR) is 100.0 cm³/mol. The van der Waals surface area contributed by atoms with Gasteiger partial charge in [0.2, 0.25) is 0 Å². The molecule has 7 heteroatoms. The molecule has 5 rings (SSSR count). The maximum absolute atomic E-state index is 14.4. The lowest BCUT2D eigenvalue weighted by Crippen LogP contribution is -2.19. The van der Waals surface area contributed by atoms with Crippen molar-refractivity contribution in [1.29, 1.82) is 0 Å². The van der Waals surface area contributed by atoms with Crippen LogP contribution in [0, 0.1) is 10.6 Å². The van der Waals surface area contributed by atoms with Gasteiger partial charge in [-0.05, 0) is 55.2 Å². The molecule has 2 N–H and O–H groups in total. The number of hydrogen-bond donors (Lipinski definition) is 2. The Hall–Kier alpha value is -1.05. The monoisotopic (exact) mass is 427 g/mol. The lowest BCUT2D eigenvalue weighted by molar-refractivity contribution is 0.530. The number of rotatable bonds is 5. The van der Waals surface area contributed by atoms with Crippen LogP contribution in [-0.4, -0.2) is 22.1 Å². The van der Waals surface area contributed by atoms with Crippen molar-refractivity contribution < 1.29 is 9.09 Å². The molecule has 1 aromatic carbocycles. The zero-order valence-corrected chi connectivity index (χ0v) is 16.1. The lowest BCUT2D eigenvalue weighted by Gasteiger charge is -2.14. The molecule has 2 aliphatic carbocycles. The van der Waals surface area contributed by atoms with E-state index >= 15 is 0 Å². The number of aromatic amines is 1. The molecule has 2 atom stereocenters. The number of halogens is 3. The Kier molecular flexibility index (Phi) is 4.16. The Balaban J connectivity index is 0.00000157. The number of hydrogen-bond acceptors (Lipinski definition) is 2. The average Bonchev–Trinajstić information content (AvgIpc) is 3.45. The van der Waals surface area contributed by atoms with Crippen LogP contribution in [0.5, 0.6) is 0 Å². The van der Waals surface area contributed by atoms with Gasteiger partial charge in [0.1, 0.15) is 5.82 Å². The summed E-state index contributed by atoms with van der Waals surface area (Å²) in [4.78, 5) is 3.40. The minimum Gasteiger partial charge on any atom is -0.334 e. The minimum atomic E-state index is -0.0988. The van der Waals surface area contributed by atoms with Crippen LogP contribution >= 0.6 is 28.1 Å². The van der Waals surface area contributed by atoms with Gasteiger partial charge in [0.05, 0.1) is 0 Å². The third-order valence-corrected chi connectivity index (χ3v) is 6.61. The molecule has 0 unspecified atom stereocenters. The van der Waals surface area contributed by atoms with Gasteiger partial charge >= 0.3 is 0 Å². The molecule has 2 heterocycles. The molecule has 1 aliphatic heterocycles. The topological polar surface area (TPSA) is 32.8 Å². The number of nitrogens with one attached hydrogen (secondary N) is 2. The highest BCUT2D eigenvalue weighted by Crippen LogP contribution is 2.66. The molecule has 2 fully saturated rings. The summed E-state index contributed by atoms with van der Waals surface area (Å²) in [5, 5.41) is 3.56. The number of nitrogens with zero attached hydrogens (tertiary/aromatic N) is 1. The fourth-order valence-corrected chi connectivity index (χ4v) is 5.00. The van der Waals surface area contributed by atoms with Crippen LogP contribution in [0.15, 0.2) is 22.7 Å². The third kappa shape index (κ3) is 2.71. The number of benzene rings is 1. The van der Waals surface area contributed by atoms with Gasteiger partial charge in [-0.25, -0.2) is 4.39 Å². The fraction of sp³-hybridized carbons (Fsp3) is 0.500. The lowest BCUT2D eigenvalue weighted by atomic mass is 9.93. The van der Waals surface area contributed by atoms with Crippen LogP contribution < -0.4 is 5.32 Å². The van der Waals surface area contributed by atoms with E-state index < -0.39 is 0 Å². The first-order valence-corrected chi connectivity index (χ1v) is 9.79. The van der Waals surface area contributed by atoms with E-state index in [1.807, 2.05) is 6.07 Å². The standard InChI is InChI=1S/C18H19BrFN3S.FH/c19-10-1-4-14(20)12(7-10)18-8-13(18)16-15(5-6-21-11-2-3-11)22-17(24)23(16)9-18;/h1,4,7,11,13,21H,2-3,5-6,8-9H2,(H,22,24);1H/t13-,18+;/m0./s1. The van der Waals surface area contributed by atoms with Gasteiger partial charge in [-0.1, -0.05) is 15.9 Å². The number of imidazole rings is 1. The summed E-state index contributed by atoms with van der Waals surface area (Å²) in [7, 11) is 0. The highest BCUT2D eigenvalue weighted by atomic mass is 79.9. The Morgan fingerprint density at radius 1 is 1.40 bits per heavy atom. The van der Waals surface area contributed by atoms with Crippen LogP contribution in [0.1, 0.15) is 42.1 Å². The summed E-state index contributed by atoms with van der Waals surface area (Å²) < 4.78 is 18.4. The smallest absolute Gasteiger partial charge is 0.177 e. The van der Waals surface area contributed by atoms with Crippen LogP contribution in [0.4, 0.5) is 9.09 Å². The van der Waals surface area contributed by atoms with E-state index in [1.165, 1.54) is 24.2 Å². The molecule has 134 valence electrons. The second-order valence-electron chi connectivity index (χ2n) is 7.40. The van der Waals surface area contributed by atoms with Crippen molar-refractivity contribution in [3.63, 3.8) is 0 Å². The maximum atomic E-state index is 14.4. The number of aromatic nitrogens is 2. The zero-order chi connectivity index (χ0) is 16.5. The first-order chi connectivity index (χ1) is 11.6. The zero-order valence-electron chi connectivity index (χ0n) is 13.6. The third-order valence-electron chi connectivity index (χ3n) is 5.80. The van der Waals surface area contributed by atoms with E-state index in [0.29, 0.717) is 5.92 Å². The maximum Gasteiger partial charge on any atom is 0.177 e. The molecule has 3 nitrogen and oxygen atoms in total. The highest BCUT2D eigenvalue weighted by Gasteiger charge is 2.63.